The maximum atomic E-state index is 5.78. The van der Waals surface area contributed by atoms with Crippen molar-refractivity contribution in [3.05, 3.63) is 29.8 Å². The van der Waals surface area contributed by atoms with Gasteiger partial charge in [-0.1, -0.05) is 12.1 Å². The molecule has 1 aromatic carbocycles. The van der Waals surface area contributed by atoms with Gasteiger partial charge >= 0.3 is 0 Å². The third kappa shape index (κ3) is 8.06. The van der Waals surface area contributed by atoms with E-state index in [-0.39, 0.29) is 0 Å². The van der Waals surface area contributed by atoms with Crippen LogP contribution in [0.1, 0.15) is 31.7 Å². The summed E-state index contributed by atoms with van der Waals surface area (Å²) in [6.07, 6.45) is 3.21. The average molecular weight is 364 g/mol. The Bertz CT molecular complexity index is 531. The Morgan fingerprint density at radius 2 is 2.12 bits per heavy atom. The first-order valence-electron chi connectivity index (χ1n) is 9.63. The zero-order chi connectivity index (χ0) is 18.5. The third-order valence-corrected chi connectivity index (χ3v) is 4.35. The predicted octanol–water partition coefficient (Wildman–Crippen LogP) is 2.58. The standard InChI is InChI=1S/C20H33N3O3/c1-3-26-19-7-4-6-18(14-19)15-23-20(21-2)22-10-5-11-25-16-17-8-12-24-13-9-17/h4,6-7,14,17H,3,5,8-13,15-16H2,1-2H3,(H2,21,22,23). The highest BCUT2D eigenvalue weighted by molar-refractivity contribution is 5.79. The fourth-order valence-electron chi connectivity index (χ4n) is 2.86. The van der Waals surface area contributed by atoms with Gasteiger partial charge in [0.2, 0.25) is 0 Å². The molecular weight excluding hydrogens is 330 g/mol. The molecule has 0 aliphatic carbocycles. The zero-order valence-electron chi connectivity index (χ0n) is 16.1. The minimum atomic E-state index is 0.665. The Morgan fingerprint density at radius 3 is 2.88 bits per heavy atom. The molecule has 0 atom stereocenters. The molecular formula is C20H33N3O3. The summed E-state index contributed by atoms with van der Waals surface area (Å²) in [5.74, 6) is 2.37. The van der Waals surface area contributed by atoms with Gasteiger partial charge in [-0.3, -0.25) is 4.99 Å². The first-order chi connectivity index (χ1) is 12.8. The molecule has 0 unspecified atom stereocenters. The molecule has 6 heteroatoms. The Kier molecular flexibility index (Phi) is 9.90. The Balaban J connectivity index is 1.56. The summed E-state index contributed by atoms with van der Waals surface area (Å²) in [5, 5.41) is 6.65. The summed E-state index contributed by atoms with van der Waals surface area (Å²) in [5.41, 5.74) is 1.17. The van der Waals surface area contributed by atoms with Crippen LogP contribution in [0, 0.1) is 5.92 Å². The van der Waals surface area contributed by atoms with Gasteiger partial charge in [-0.05, 0) is 49.8 Å². The van der Waals surface area contributed by atoms with Crippen LogP contribution >= 0.6 is 0 Å². The van der Waals surface area contributed by atoms with E-state index in [1.165, 1.54) is 5.56 Å². The predicted molar refractivity (Wildman–Crippen MR) is 105 cm³/mol. The summed E-state index contributed by atoms with van der Waals surface area (Å²) < 4.78 is 16.7. The molecule has 0 aromatic heterocycles. The van der Waals surface area contributed by atoms with E-state index in [9.17, 15) is 0 Å². The number of guanidine groups is 1. The van der Waals surface area contributed by atoms with E-state index in [0.29, 0.717) is 19.1 Å². The molecule has 2 N–H and O–H groups in total. The summed E-state index contributed by atoms with van der Waals surface area (Å²) >= 11 is 0. The van der Waals surface area contributed by atoms with Crippen LogP contribution in [0.3, 0.4) is 0 Å². The van der Waals surface area contributed by atoms with Crippen molar-refractivity contribution in [3.63, 3.8) is 0 Å². The van der Waals surface area contributed by atoms with Gasteiger partial charge in [-0.25, -0.2) is 0 Å². The highest BCUT2D eigenvalue weighted by Gasteiger charge is 2.13. The summed E-state index contributed by atoms with van der Waals surface area (Å²) in [4.78, 5) is 4.26. The maximum Gasteiger partial charge on any atom is 0.191 e. The van der Waals surface area contributed by atoms with E-state index in [4.69, 9.17) is 14.2 Å². The van der Waals surface area contributed by atoms with Crippen molar-refractivity contribution in [2.24, 2.45) is 10.9 Å². The lowest BCUT2D eigenvalue weighted by molar-refractivity contribution is 0.0203. The molecule has 0 spiro atoms. The molecule has 1 fully saturated rings. The number of aliphatic imine (C=N–C) groups is 1. The number of hydrogen-bond donors (Lipinski definition) is 2. The van der Waals surface area contributed by atoms with Gasteiger partial charge in [-0.2, -0.15) is 0 Å². The second-order valence-corrected chi connectivity index (χ2v) is 6.42. The normalized spacial score (nSPS) is 15.7. The van der Waals surface area contributed by atoms with Crippen LogP contribution in [-0.2, 0) is 16.0 Å². The first kappa shape index (κ1) is 20.5. The number of nitrogens with one attached hydrogen (secondary N) is 2. The lowest BCUT2D eigenvalue weighted by Gasteiger charge is -2.21. The maximum absolute atomic E-state index is 5.78. The van der Waals surface area contributed by atoms with Gasteiger partial charge in [0.1, 0.15) is 5.75 Å². The van der Waals surface area contributed by atoms with E-state index in [1.54, 1.807) is 7.05 Å². The molecule has 1 aliphatic heterocycles. The van der Waals surface area contributed by atoms with Crippen molar-refractivity contribution in [3.8, 4) is 5.75 Å². The van der Waals surface area contributed by atoms with Gasteiger partial charge < -0.3 is 24.8 Å². The number of ether oxygens (including phenoxy) is 3. The number of benzene rings is 1. The van der Waals surface area contributed by atoms with Gasteiger partial charge in [0.15, 0.2) is 5.96 Å². The van der Waals surface area contributed by atoms with Crippen LogP contribution < -0.4 is 15.4 Å². The van der Waals surface area contributed by atoms with Crippen LogP contribution in [0.2, 0.25) is 0 Å². The van der Waals surface area contributed by atoms with E-state index in [2.05, 4.69) is 21.7 Å². The van der Waals surface area contributed by atoms with Crippen molar-refractivity contribution in [2.75, 3.05) is 46.6 Å². The van der Waals surface area contributed by atoms with E-state index >= 15 is 0 Å². The van der Waals surface area contributed by atoms with Gasteiger partial charge in [-0.15, -0.1) is 0 Å². The summed E-state index contributed by atoms with van der Waals surface area (Å²) in [6, 6.07) is 8.11. The molecule has 0 radical (unpaired) electrons. The molecule has 1 saturated heterocycles. The molecule has 1 aromatic rings. The SMILES string of the molecule is CCOc1cccc(CNC(=NC)NCCCOCC2CCOCC2)c1. The summed E-state index contributed by atoms with van der Waals surface area (Å²) in [6.45, 7) is 7.61. The lowest BCUT2D eigenvalue weighted by atomic mass is 10.0. The van der Waals surface area contributed by atoms with Crippen LogP contribution in [0.5, 0.6) is 5.75 Å². The number of rotatable bonds is 10. The van der Waals surface area contributed by atoms with Crippen LogP contribution in [-0.4, -0.2) is 52.6 Å². The lowest BCUT2D eigenvalue weighted by Crippen LogP contribution is -2.37. The smallest absolute Gasteiger partial charge is 0.191 e. The van der Waals surface area contributed by atoms with Gasteiger partial charge in [0, 0.05) is 46.6 Å². The number of nitrogens with zero attached hydrogens (tertiary/aromatic N) is 1. The van der Waals surface area contributed by atoms with Crippen molar-refractivity contribution < 1.29 is 14.2 Å². The molecule has 0 amide bonds. The first-order valence-corrected chi connectivity index (χ1v) is 9.63. The Morgan fingerprint density at radius 1 is 1.27 bits per heavy atom. The van der Waals surface area contributed by atoms with Gasteiger partial charge in [0.05, 0.1) is 6.61 Å². The largest absolute Gasteiger partial charge is 0.494 e. The monoisotopic (exact) mass is 363 g/mol. The molecule has 0 saturated carbocycles. The highest BCUT2D eigenvalue weighted by atomic mass is 16.5. The van der Waals surface area contributed by atoms with E-state index in [0.717, 1.165) is 63.9 Å². The molecule has 1 aliphatic rings. The van der Waals surface area contributed by atoms with E-state index < -0.39 is 0 Å². The fourth-order valence-corrected chi connectivity index (χ4v) is 2.86. The van der Waals surface area contributed by atoms with Crippen LogP contribution in [0.4, 0.5) is 0 Å². The number of hydrogen-bond acceptors (Lipinski definition) is 4. The average Bonchev–Trinajstić information content (AvgIpc) is 2.68. The highest BCUT2D eigenvalue weighted by Crippen LogP contribution is 2.14. The fraction of sp³-hybridized carbons (Fsp3) is 0.650. The van der Waals surface area contributed by atoms with Gasteiger partial charge in [0.25, 0.3) is 0 Å². The van der Waals surface area contributed by atoms with E-state index in [1.807, 2.05) is 25.1 Å². The Hall–Kier alpha value is -1.79. The topological polar surface area (TPSA) is 64.1 Å². The summed E-state index contributed by atoms with van der Waals surface area (Å²) in [7, 11) is 1.79. The Labute approximate surface area is 157 Å². The molecule has 1 heterocycles. The van der Waals surface area contributed by atoms with Crippen molar-refractivity contribution in [1.82, 2.24) is 10.6 Å². The van der Waals surface area contributed by atoms with Crippen molar-refractivity contribution >= 4 is 5.96 Å². The second kappa shape index (κ2) is 12.5. The minimum absolute atomic E-state index is 0.665. The van der Waals surface area contributed by atoms with Crippen LogP contribution in [0.25, 0.3) is 0 Å². The molecule has 26 heavy (non-hydrogen) atoms. The second-order valence-electron chi connectivity index (χ2n) is 6.42. The minimum Gasteiger partial charge on any atom is -0.494 e. The molecule has 6 nitrogen and oxygen atoms in total. The van der Waals surface area contributed by atoms with Crippen molar-refractivity contribution in [1.29, 1.82) is 0 Å². The molecule has 2 rings (SSSR count). The molecule has 0 bridgehead atoms. The van der Waals surface area contributed by atoms with Crippen molar-refractivity contribution in [2.45, 2.75) is 32.7 Å². The zero-order valence-corrected chi connectivity index (χ0v) is 16.1. The van der Waals surface area contributed by atoms with Crippen LogP contribution in [0.15, 0.2) is 29.3 Å². The molecule has 146 valence electrons. The third-order valence-electron chi connectivity index (χ3n) is 4.35. The quantitative estimate of drug-likeness (QED) is 0.380.